The van der Waals surface area contributed by atoms with Crippen molar-refractivity contribution in [2.45, 2.75) is 39.4 Å². The van der Waals surface area contributed by atoms with Crippen molar-refractivity contribution in [3.63, 3.8) is 0 Å². The van der Waals surface area contributed by atoms with Gasteiger partial charge in [0.25, 0.3) is 5.56 Å². The van der Waals surface area contributed by atoms with E-state index >= 15 is 0 Å². The third-order valence-corrected chi connectivity index (χ3v) is 5.53. The van der Waals surface area contributed by atoms with E-state index < -0.39 is 0 Å². The molecule has 1 amide bonds. The molecule has 2 atom stereocenters. The van der Waals surface area contributed by atoms with Crippen molar-refractivity contribution in [1.29, 1.82) is 0 Å². The van der Waals surface area contributed by atoms with Crippen molar-refractivity contribution in [2.75, 3.05) is 18.4 Å². The summed E-state index contributed by atoms with van der Waals surface area (Å²) < 4.78 is 7.77. The van der Waals surface area contributed by atoms with Gasteiger partial charge in [-0.1, -0.05) is 0 Å². The van der Waals surface area contributed by atoms with Crippen LogP contribution in [0.4, 0.5) is 5.82 Å². The summed E-state index contributed by atoms with van der Waals surface area (Å²) in [4.78, 5) is 30.7. The molecule has 0 bridgehead atoms. The van der Waals surface area contributed by atoms with E-state index in [2.05, 4.69) is 34.4 Å². The minimum Gasteiger partial charge on any atom is -0.459 e. The largest absolute Gasteiger partial charge is 0.459 e. The minimum absolute atomic E-state index is 0.0957. The first-order chi connectivity index (χ1) is 14.3. The number of carbonyl (C=O) groups is 1. The standard InChI is InChI=1S/C22H27N5O3/c1-13-10-27(14(2)9-24-13)11-17-8-18-21(30-17)19(12-26(4)22(18)29)16-5-6-23-20(7-16)25-15(3)28/h5-8,12-14,24H,9-11H2,1-4H3,(H,23,25,28). The topological polar surface area (TPSA) is 92.4 Å². The molecule has 4 rings (SSSR count). The van der Waals surface area contributed by atoms with Crippen molar-refractivity contribution in [3.05, 3.63) is 46.7 Å². The highest BCUT2D eigenvalue weighted by Gasteiger charge is 2.24. The van der Waals surface area contributed by atoms with Crippen LogP contribution >= 0.6 is 0 Å². The zero-order valence-electron chi connectivity index (χ0n) is 17.7. The number of nitrogens with zero attached hydrogens (tertiary/aromatic N) is 3. The van der Waals surface area contributed by atoms with Crippen LogP contribution in [-0.4, -0.2) is 45.5 Å². The van der Waals surface area contributed by atoms with Crippen LogP contribution in [0.15, 0.2) is 39.8 Å². The molecule has 1 aliphatic rings. The first kappa shape index (κ1) is 20.3. The maximum absolute atomic E-state index is 12.8. The maximum Gasteiger partial charge on any atom is 0.261 e. The van der Waals surface area contributed by atoms with Crippen molar-refractivity contribution in [3.8, 4) is 11.1 Å². The van der Waals surface area contributed by atoms with Crippen molar-refractivity contribution in [1.82, 2.24) is 19.8 Å². The fourth-order valence-corrected chi connectivity index (χ4v) is 3.95. The Bertz CT molecular complexity index is 1150. The second-order valence-electron chi connectivity index (χ2n) is 8.11. The Hall–Kier alpha value is -2.97. The normalized spacial score (nSPS) is 19.9. The van der Waals surface area contributed by atoms with Crippen LogP contribution in [0.3, 0.4) is 0 Å². The Morgan fingerprint density at radius 2 is 2.17 bits per heavy atom. The SMILES string of the molecule is CC(=O)Nc1cc(-c2cn(C)c(=O)c3cc(CN4CC(C)NCC4C)oc23)ccn1. The number of rotatable bonds is 4. The highest BCUT2D eigenvalue weighted by atomic mass is 16.3. The molecule has 8 nitrogen and oxygen atoms in total. The van der Waals surface area contributed by atoms with Crippen LogP contribution in [0, 0.1) is 0 Å². The van der Waals surface area contributed by atoms with Gasteiger partial charge in [0, 0.05) is 57.1 Å². The summed E-state index contributed by atoms with van der Waals surface area (Å²) in [5.74, 6) is 1.04. The molecule has 8 heteroatoms. The number of carbonyl (C=O) groups excluding carboxylic acids is 1. The molecule has 30 heavy (non-hydrogen) atoms. The van der Waals surface area contributed by atoms with Crippen LogP contribution in [0.5, 0.6) is 0 Å². The second-order valence-corrected chi connectivity index (χ2v) is 8.11. The smallest absolute Gasteiger partial charge is 0.261 e. The summed E-state index contributed by atoms with van der Waals surface area (Å²) in [6.07, 6.45) is 3.39. The van der Waals surface area contributed by atoms with Gasteiger partial charge in [0.2, 0.25) is 5.91 Å². The van der Waals surface area contributed by atoms with Gasteiger partial charge >= 0.3 is 0 Å². The van der Waals surface area contributed by atoms with E-state index in [1.54, 1.807) is 30.1 Å². The average Bonchev–Trinajstić information content (AvgIpc) is 3.11. The predicted octanol–water partition coefficient (Wildman–Crippen LogP) is 2.33. The lowest BCUT2D eigenvalue weighted by atomic mass is 10.1. The van der Waals surface area contributed by atoms with E-state index in [4.69, 9.17) is 4.42 Å². The molecule has 3 aromatic rings. The molecule has 3 aromatic heterocycles. The minimum atomic E-state index is -0.190. The number of hydrogen-bond donors (Lipinski definition) is 2. The average molecular weight is 409 g/mol. The van der Waals surface area contributed by atoms with Gasteiger partial charge in [-0.05, 0) is 37.6 Å². The highest BCUT2D eigenvalue weighted by molar-refractivity contribution is 5.93. The zero-order chi connectivity index (χ0) is 21.4. The van der Waals surface area contributed by atoms with Gasteiger partial charge in [0.1, 0.15) is 17.2 Å². The lowest BCUT2D eigenvalue weighted by Crippen LogP contribution is -2.53. The molecular formula is C22H27N5O3. The summed E-state index contributed by atoms with van der Waals surface area (Å²) >= 11 is 0. The Labute approximate surface area is 174 Å². The van der Waals surface area contributed by atoms with Gasteiger partial charge in [-0.2, -0.15) is 0 Å². The highest BCUT2D eigenvalue weighted by Crippen LogP contribution is 2.30. The second kappa shape index (κ2) is 8.04. The molecule has 0 saturated carbocycles. The lowest BCUT2D eigenvalue weighted by Gasteiger charge is -2.36. The van der Waals surface area contributed by atoms with Gasteiger partial charge in [-0.25, -0.2) is 4.98 Å². The van der Waals surface area contributed by atoms with E-state index in [0.29, 0.717) is 35.4 Å². The first-order valence-electron chi connectivity index (χ1n) is 10.2. The predicted molar refractivity (Wildman–Crippen MR) is 116 cm³/mol. The number of aryl methyl sites for hydroxylation is 1. The van der Waals surface area contributed by atoms with Crippen molar-refractivity contribution >= 4 is 22.7 Å². The quantitative estimate of drug-likeness (QED) is 0.687. The van der Waals surface area contributed by atoms with Gasteiger partial charge in [-0.15, -0.1) is 0 Å². The lowest BCUT2D eigenvalue weighted by molar-refractivity contribution is -0.114. The zero-order valence-corrected chi connectivity index (χ0v) is 17.7. The molecule has 1 aliphatic heterocycles. The third-order valence-electron chi connectivity index (χ3n) is 5.53. The molecule has 0 radical (unpaired) electrons. The Morgan fingerprint density at radius 3 is 2.93 bits per heavy atom. The summed E-state index contributed by atoms with van der Waals surface area (Å²) in [5, 5.41) is 6.73. The molecule has 1 fully saturated rings. The number of pyridine rings is 2. The van der Waals surface area contributed by atoms with E-state index in [1.165, 1.54) is 6.92 Å². The van der Waals surface area contributed by atoms with E-state index in [9.17, 15) is 9.59 Å². The summed E-state index contributed by atoms with van der Waals surface area (Å²) in [6.45, 7) is 8.30. The van der Waals surface area contributed by atoms with Gasteiger partial charge in [0.05, 0.1) is 11.9 Å². The molecule has 0 aromatic carbocycles. The Kier molecular flexibility index (Phi) is 5.44. The molecule has 4 heterocycles. The first-order valence-corrected chi connectivity index (χ1v) is 10.2. The van der Waals surface area contributed by atoms with Crippen molar-refractivity contribution < 1.29 is 9.21 Å². The van der Waals surface area contributed by atoms with Crippen LogP contribution in [0.2, 0.25) is 0 Å². The maximum atomic E-state index is 12.8. The summed E-state index contributed by atoms with van der Waals surface area (Å²) in [6, 6.07) is 6.28. The summed E-state index contributed by atoms with van der Waals surface area (Å²) in [7, 11) is 1.73. The van der Waals surface area contributed by atoms with Crippen molar-refractivity contribution in [2.24, 2.45) is 7.05 Å². The molecule has 0 spiro atoms. The number of nitrogens with one attached hydrogen (secondary N) is 2. The van der Waals surface area contributed by atoms with E-state index in [1.807, 2.05) is 12.1 Å². The molecule has 1 saturated heterocycles. The fraction of sp³-hybridized carbons (Fsp3) is 0.409. The molecule has 0 aliphatic carbocycles. The number of furan rings is 1. The van der Waals surface area contributed by atoms with Crippen LogP contribution in [0.1, 0.15) is 26.5 Å². The third kappa shape index (κ3) is 4.01. The number of piperazine rings is 1. The number of anilines is 1. The van der Waals surface area contributed by atoms with Crippen LogP contribution in [-0.2, 0) is 18.4 Å². The molecule has 2 unspecified atom stereocenters. The number of aromatic nitrogens is 2. The number of amides is 1. The van der Waals surface area contributed by atoms with Crippen LogP contribution in [0.25, 0.3) is 22.1 Å². The molecule has 2 N–H and O–H groups in total. The molecular weight excluding hydrogens is 382 g/mol. The Morgan fingerprint density at radius 1 is 1.37 bits per heavy atom. The molecule has 158 valence electrons. The van der Waals surface area contributed by atoms with E-state index in [-0.39, 0.29) is 11.5 Å². The van der Waals surface area contributed by atoms with Gasteiger partial charge in [0.15, 0.2) is 0 Å². The van der Waals surface area contributed by atoms with Gasteiger partial charge in [-0.3, -0.25) is 14.5 Å². The summed E-state index contributed by atoms with van der Waals surface area (Å²) in [5.41, 5.74) is 2.07. The fourth-order valence-electron chi connectivity index (χ4n) is 3.95. The Balaban J connectivity index is 1.75. The van der Waals surface area contributed by atoms with Gasteiger partial charge < -0.3 is 19.6 Å². The number of fused-ring (bicyclic) bond motifs is 1. The monoisotopic (exact) mass is 409 g/mol. The van der Waals surface area contributed by atoms with Crippen LogP contribution < -0.4 is 16.2 Å². The number of hydrogen-bond acceptors (Lipinski definition) is 6. The van der Waals surface area contributed by atoms with E-state index in [0.717, 1.165) is 30.0 Å².